The molecule has 0 fully saturated rings. The number of ketones is 1. The van der Waals surface area contributed by atoms with E-state index in [2.05, 4.69) is 6.58 Å². The van der Waals surface area contributed by atoms with Gasteiger partial charge in [-0.2, -0.15) is 0 Å². The van der Waals surface area contributed by atoms with Crippen LogP contribution >= 0.6 is 0 Å². The first-order valence-electron chi connectivity index (χ1n) is 5.10. The lowest BCUT2D eigenvalue weighted by Crippen LogP contribution is -2.22. The van der Waals surface area contributed by atoms with Crippen molar-refractivity contribution in [2.75, 3.05) is 20.7 Å². The second-order valence-corrected chi connectivity index (χ2v) is 3.91. The maximum Gasteiger partial charge on any atom is 0.343 e. The van der Waals surface area contributed by atoms with E-state index < -0.39 is 5.97 Å². The van der Waals surface area contributed by atoms with Crippen LogP contribution in [0, 0.1) is 5.92 Å². The van der Waals surface area contributed by atoms with Gasteiger partial charge in [-0.1, -0.05) is 26.5 Å². The van der Waals surface area contributed by atoms with Gasteiger partial charge in [0, 0.05) is 26.2 Å². The maximum atomic E-state index is 11.8. The molecule has 0 rings (SSSR count). The molecule has 0 bridgehead atoms. The highest BCUT2D eigenvalue weighted by Crippen LogP contribution is 2.09. The first-order chi connectivity index (χ1) is 7.40. The fourth-order valence-electron chi connectivity index (χ4n) is 0.998. The molecule has 90 valence electrons. The third-order valence-electron chi connectivity index (χ3n) is 1.73. The van der Waals surface area contributed by atoms with Crippen LogP contribution in [0.15, 0.2) is 24.4 Å². The van der Waals surface area contributed by atoms with E-state index in [1.807, 2.05) is 0 Å². The minimum absolute atomic E-state index is 0.0712. The van der Waals surface area contributed by atoms with Crippen molar-refractivity contribution in [2.24, 2.45) is 5.92 Å². The summed E-state index contributed by atoms with van der Waals surface area (Å²) in [6.07, 6.45) is 2.94. The Labute approximate surface area is 96.6 Å². The summed E-state index contributed by atoms with van der Waals surface area (Å²) in [5, 5.41) is 0. The van der Waals surface area contributed by atoms with Gasteiger partial charge < -0.3 is 9.64 Å². The van der Waals surface area contributed by atoms with E-state index in [1.54, 1.807) is 32.8 Å². The lowest BCUT2D eigenvalue weighted by molar-refractivity contribution is -0.139. The number of Topliss-reactive ketones (excluding diaryl/α,β-unsaturated/α-hetero) is 1. The van der Waals surface area contributed by atoms with Gasteiger partial charge in [-0.15, -0.1) is 0 Å². The van der Waals surface area contributed by atoms with Crippen molar-refractivity contribution in [1.82, 2.24) is 4.90 Å². The van der Waals surface area contributed by atoms with Crippen LogP contribution in [0.4, 0.5) is 0 Å². The van der Waals surface area contributed by atoms with Gasteiger partial charge in [-0.3, -0.25) is 4.79 Å². The number of ether oxygens (including phenoxy) is 1. The van der Waals surface area contributed by atoms with Crippen LogP contribution in [0.25, 0.3) is 0 Å². The van der Waals surface area contributed by atoms with Crippen LogP contribution in [0.3, 0.4) is 0 Å². The molecular formula is C12H19NO3. The summed E-state index contributed by atoms with van der Waals surface area (Å²) in [5.41, 5.74) is 0.0712. The predicted molar refractivity (Wildman–Crippen MR) is 62.8 cm³/mol. The molecular weight excluding hydrogens is 206 g/mol. The van der Waals surface area contributed by atoms with Gasteiger partial charge in [-0.25, -0.2) is 4.79 Å². The van der Waals surface area contributed by atoms with Gasteiger partial charge in [0.05, 0.1) is 0 Å². The first kappa shape index (κ1) is 14.4. The lowest BCUT2D eigenvalue weighted by atomic mass is 10.0. The summed E-state index contributed by atoms with van der Waals surface area (Å²) in [4.78, 5) is 25.0. The quantitative estimate of drug-likeness (QED) is 0.225. The average Bonchev–Trinajstić information content (AvgIpc) is 2.21. The Morgan fingerprint density at radius 3 is 2.31 bits per heavy atom. The fourth-order valence-corrected chi connectivity index (χ4v) is 0.998. The minimum atomic E-state index is -0.604. The van der Waals surface area contributed by atoms with Gasteiger partial charge in [0.15, 0.2) is 5.78 Å². The molecule has 0 heterocycles. The van der Waals surface area contributed by atoms with Crippen LogP contribution in [0.2, 0.25) is 0 Å². The Bertz CT molecular complexity index is 303. The highest BCUT2D eigenvalue weighted by Gasteiger charge is 2.22. The second kappa shape index (κ2) is 6.82. The van der Waals surface area contributed by atoms with Crippen molar-refractivity contribution >= 4 is 11.8 Å². The van der Waals surface area contributed by atoms with Crippen LogP contribution in [0.5, 0.6) is 0 Å². The highest BCUT2D eigenvalue weighted by atomic mass is 16.5. The molecule has 0 spiro atoms. The van der Waals surface area contributed by atoms with E-state index in [9.17, 15) is 9.59 Å². The van der Waals surface area contributed by atoms with E-state index in [-0.39, 0.29) is 23.9 Å². The van der Waals surface area contributed by atoms with Crippen molar-refractivity contribution < 1.29 is 14.3 Å². The Balaban J connectivity index is 4.88. The molecule has 0 amide bonds. The number of hydrogen-bond acceptors (Lipinski definition) is 4. The summed E-state index contributed by atoms with van der Waals surface area (Å²) in [6, 6.07) is 0. The Hall–Kier alpha value is -1.58. The number of carbonyl (C=O) groups excluding carboxylic acids is 2. The van der Waals surface area contributed by atoms with Crippen LogP contribution in [-0.2, 0) is 14.3 Å². The summed E-state index contributed by atoms with van der Waals surface area (Å²) in [5.74, 6) is -1.06. The number of esters is 1. The SMILES string of the molecule is C=CCOC(=O)/C(=C\N(C)C)C(=O)C(C)C. The molecule has 0 aliphatic carbocycles. The van der Waals surface area contributed by atoms with E-state index in [0.717, 1.165) is 0 Å². The molecule has 0 aliphatic rings. The predicted octanol–water partition coefficient (Wildman–Crippen LogP) is 1.39. The molecule has 0 unspecified atom stereocenters. The number of nitrogens with zero attached hydrogens (tertiary/aromatic N) is 1. The van der Waals surface area contributed by atoms with Gasteiger partial charge in [-0.05, 0) is 0 Å². The molecule has 0 aromatic rings. The Morgan fingerprint density at radius 2 is 1.94 bits per heavy atom. The zero-order chi connectivity index (χ0) is 12.7. The van der Waals surface area contributed by atoms with Crippen molar-refractivity contribution in [3.63, 3.8) is 0 Å². The average molecular weight is 225 g/mol. The molecule has 0 aliphatic heterocycles. The number of hydrogen-bond donors (Lipinski definition) is 0. The second-order valence-electron chi connectivity index (χ2n) is 3.91. The summed E-state index contributed by atoms with van der Waals surface area (Å²) < 4.78 is 4.85. The molecule has 0 aromatic carbocycles. The molecule has 4 nitrogen and oxygen atoms in total. The van der Waals surface area contributed by atoms with Gasteiger partial charge in [0.2, 0.25) is 0 Å². The Kier molecular flexibility index (Phi) is 6.15. The fraction of sp³-hybridized carbons (Fsp3) is 0.500. The van der Waals surface area contributed by atoms with Crippen molar-refractivity contribution in [3.05, 3.63) is 24.4 Å². The van der Waals surface area contributed by atoms with Gasteiger partial charge >= 0.3 is 5.97 Å². The molecule has 0 N–H and O–H groups in total. The summed E-state index contributed by atoms with van der Waals surface area (Å²) in [6.45, 7) is 7.03. The lowest BCUT2D eigenvalue weighted by Gasteiger charge is -2.12. The third kappa shape index (κ3) is 4.77. The molecule has 0 aromatic heterocycles. The minimum Gasteiger partial charge on any atom is -0.458 e. The molecule has 4 heteroatoms. The largest absolute Gasteiger partial charge is 0.458 e. The third-order valence-corrected chi connectivity index (χ3v) is 1.73. The highest BCUT2D eigenvalue weighted by molar-refractivity contribution is 6.17. The number of carbonyl (C=O) groups is 2. The van der Waals surface area contributed by atoms with Crippen molar-refractivity contribution in [3.8, 4) is 0 Å². The monoisotopic (exact) mass is 225 g/mol. The van der Waals surface area contributed by atoms with E-state index in [0.29, 0.717) is 0 Å². The molecule has 0 atom stereocenters. The van der Waals surface area contributed by atoms with Crippen molar-refractivity contribution in [1.29, 1.82) is 0 Å². The van der Waals surface area contributed by atoms with Gasteiger partial charge in [0.1, 0.15) is 12.2 Å². The molecule has 0 saturated carbocycles. The molecule has 0 radical (unpaired) electrons. The van der Waals surface area contributed by atoms with Crippen LogP contribution < -0.4 is 0 Å². The first-order valence-corrected chi connectivity index (χ1v) is 5.10. The summed E-state index contributed by atoms with van der Waals surface area (Å²) >= 11 is 0. The number of rotatable bonds is 6. The normalized spacial score (nSPS) is 11.2. The Morgan fingerprint density at radius 1 is 1.38 bits per heavy atom. The molecule has 0 saturated heterocycles. The van der Waals surface area contributed by atoms with Crippen LogP contribution in [-0.4, -0.2) is 37.4 Å². The standard InChI is InChI=1S/C12H19NO3/c1-6-7-16-12(15)10(8-13(4)5)11(14)9(2)3/h6,8-9H,1,7H2,2-5H3/b10-8-. The van der Waals surface area contributed by atoms with E-state index in [1.165, 1.54) is 12.3 Å². The zero-order valence-electron chi connectivity index (χ0n) is 10.3. The summed E-state index contributed by atoms with van der Waals surface area (Å²) in [7, 11) is 3.49. The van der Waals surface area contributed by atoms with Crippen LogP contribution in [0.1, 0.15) is 13.8 Å². The van der Waals surface area contributed by atoms with E-state index in [4.69, 9.17) is 4.74 Å². The maximum absolute atomic E-state index is 11.8. The smallest absolute Gasteiger partial charge is 0.343 e. The van der Waals surface area contributed by atoms with E-state index >= 15 is 0 Å². The van der Waals surface area contributed by atoms with Crippen molar-refractivity contribution in [2.45, 2.75) is 13.8 Å². The van der Waals surface area contributed by atoms with Gasteiger partial charge in [0.25, 0.3) is 0 Å². The molecule has 16 heavy (non-hydrogen) atoms. The topological polar surface area (TPSA) is 46.6 Å². The zero-order valence-corrected chi connectivity index (χ0v) is 10.3.